The molecule has 0 atom stereocenters. The quantitative estimate of drug-likeness (QED) is 0.697. The summed E-state index contributed by atoms with van der Waals surface area (Å²) in [6.07, 6.45) is 0.689. The summed E-state index contributed by atoms with van der Waals surface area (Å²) >= 11 is 0. The van der Waals surface area contributed by atoms with Crippen molar-refractivity contribution < 1.29 is 4.57 Å². The Hall–Kier alpha value is -1.07. The highest BCUT2D eigenvalue weighted by atomic mass is 31.2. The van der Waals surface area contributed by atoms with Crippen molar-refractivity contribution >= 4 is 17.9 Å². The van der Waals surface area contributed by atoms with Crippen LogP contribution < -0.4 is 0 Å². The van der Waals surface area contributed by atoms with Crippen LogP contribution >= 0.6 is 7.14 Å². The lowest BCUT2D eigenvalue weighted by Crippen LogP contribution is -1.87. The van der Waals surface area contributed by atoms with Crippen LogP contribution in [0.4, 0.5) is 0 Å². The molecule has 15 heavy (non-hydrogen) atoms. The molecule has 0 fully saturated rings. The van der Waals surface area contributed by atoms with Crippen LogP contribution in [0.15, 0.2) is 42.5 Å². The molecule has 2 aromatic carbocycles. The summed E-state index contributed by atoms with van der Waals surface area (Å²) in [5, 5.41) is 2.45. The molecule has 0 amide bonds. The Labute approximate surface area is 90.5 Å². The van der Waals surface area contributed by atoms with Gasteiger partial charge in [-0.1, -0.05) is 42.5 Å². The van der Waals surface area contributed by atoms with Crippen LogP contribution in [-0.4, -0.2) is 13.3 Å². The molecule has 0 spiro atoms. The Morgan fingerprint density at radius 3 is 2.40 bits per heavy atom. The molecule has 0 radical (unpaired) electrons. The topological polar surface area (TPSA) is 17.1 Å². The van der Waals surface area contributed by atoms with Crippen molar-refractivity contribution in [2.75, 3.05) is 13.3 Å². The van der Waals surface area contributed by atoms with E-state index in [0.29, 0.717) is 6.16 Å². The third-order valence-electron chi connectivity index (χ3n) is 2.43. The van der Waals surface area contributed by atoms with E-state index in [4.69, 9.17) is 0 Å². The first-order valence-electron chi connectivity index (χ1n) is 5.07. The van der Waals surface area contributed by atoms with Crippen molar-refractivity contribution in [3.8, 4) is 0 Å². The van der Waals surface area contributed by atoms with E-state index in [9.17, 15) is 4.57 Å². The summed E-state index contributed by atoms with van der Waals surface area (Å²) < 4.78 is 11.8. The summed E-state index contributed by atoms with van der Waals surface area (Å²) in [7, 11) is -1.99. The SMILES string of the molecule is CP(C)(=O)Cc1cccc2ccccc12. The molecule has 78 valence electrons. The number of hydrogen-bond acceptors (Lipinski definition) is 1. The maximum Gasteiger partial charge on any atom is 0.0861 e. The average molecular weight is 218 g/mol. The molecule has 1 nitrogen and oxygen atoms in total. The molecular formula is C13H15OP. The normalized spacial score (nSPS) is 11.9. The zero-order chi connectivity index (χ0) is 10.9. The van der Waals surface area contributed by atoms with Crippen molar-refractivity contribution in [1.82, 2.24) is 0 Å². The van der Waals surface area contributed by atoms with E-state index in [0.717, 1.165) is 0 Å². The van der Waals surface area contributed by atoms with E-state index in [2.05, 4.69) is 24.3 Å². The van der Waals surface area contributed by atoms with E-state index in [-0.39, 0.29) is 0 Å². The first-order chi connectivity index (χ1) is 7.06. The van der Waals surface area contributed by atoms with Gasteiger partial charge in [0.2, 0.25) is 0 Å². The van der Waals surface area contributed by atoms with Crippen LogP contribution in [-0.2, 0) is 10.7 Å². The second-order valence-corrected chi connectivity index (χ2v) is 7.83. The van der Waals surface area contributed by atoms with Gasteiger partial charge in [-0.15, -0.1) is 0 Å². The Balaban J connectivity index is 2.56. The van der Waals surface area contributed by atoms with Crippen LogP contribution in [0.1, 0.15) is 5.56 Å². The molecule has 0 unspecified atom stereocenters. The van der Waals surface area contributed by atoms with Gasteiger partial charge in [0.25, 0.3) is 0 Å². The van der Waals surface area contributed by atoms with Gasteiger partial charge in [-0.05, 0) is 29.7 Å². The first-order valence-corrected chi connectivity index (χ1v) is 7.85. The molecule has 0 aliphatic rings. The maximum atomic E-state index is 11.8. The van der Waals surface area contributed by atoms with Gasteiger partial charge in [0.05, 0.1) is 7.14 Å². The van der Waals surface area contributed by atoms with Crippen LogP contribution in [0.3, 0.4) is 0 Å². The number of benzene rings is 2. The first kappa shape index (κ1) is 10.4. The zero-order valence-electron chi connectivity index (χ0n) is 9.10. The monoisotopic (exact) mass is 218 g/mol. The van der Waals surface area contributed by atoms with E-state index < -0.39 is 7.14 Å². The van der Waals surface area contributed by atoms with Crippen molar-refractivity contribution in [1.29, 1.82) is 0 Å². The van der Waals surface area contributed by atoms with Crippen LogP contribution in [0.2, 0.25) is 0 Å². The third kappa shape index (κ3) is 2.49. The molecule has 2 aromatic rings. The van der Waals surface area contributed by atoms with Crippen LogP contribution in [0.5, 0.6) is 0 Å². The van der Waals surface area contributed by atoms with Crippen molar-refractivity contribution in [2.24, 2.45) is 0 Å². The summed E-state index contributed by atoms with van der Waals surface area (Å²) in [4.78, 5) is 0. The molecule has 0 aliphatic heterocycles. The summed E-state index contributed by atoms with van der Waals surface area (Å²) in [5.41, 5.74) is 1.20. The Morgan fingerprint density at radius 1 is 1.00 bits per heavy atom. The van der Waals surface area contributed by atoms with E-state index in [1.807, 2.05) is 31.5 Å². The van der Waals surface area contributed by atoms with Gasteiger partial charge in [-0.25, -0.2) is 0 Å². The van der Waals surface area contributed by atoms with Crippen molar-refractivity contribution in [3.05, 3.63) is 48.0 Å². The molecular weight excluding hydrogens is 203 g/mol. The van der Waals surface area contributed by atoms with E-state index in [1.54, 1.807) is 0 Å². The number of hydrogen-bond donors (Lipinski definition) is 0. The second-order valence-electron chi connectivity index (χ2n) is 4.37. The molecule has 0 heterocycles. The van der Waals surface area contributed by atoms with Crippen LogP contribution in [0.25, 0.3) is 10.8 Å². The lowest BCUT2D eigenvalue weighted by atomic mass is 10.1. The smallest absolute Gasteiger partial charge is 0.0861 e. The highest BCUT2D eigenvalue weighted by molar-refractivity contribution is 7.61. The zero-order valence-corrected chi connectivity index (χ0v) is 10.00. The van der Waals surface area contributed by atoms with Gasteiger partial charge < -0.3 is 4.57 Å². The minimum atomic E-state index is -1.99. The van der Waals surface area contributed by atoms with E-state index >= 15 is 0 Å². The molecule has 0 aromatic heterocycles. The van der Waals surface area contributed by atoms with Crippen molar-refractivity contribution in [3.63, 3.8) is 0 Å². The summed E-state index contributed by atoms with van der Waals surface area (Å²) in [5.74, 6) is 0. The fourth-order valence-electron chi connectivity index (χ4n) is 1.84. The van der Waals surface area contributed by atoms with Gasteiger partial charge in [-0.2, -0.15) is 0 Å². The molecule has 2 rings (SSSR count). The van der Waals surface area contributed by atoms with Gasteiger partial charge in [0.1, 0.15) is 0 Å². The lowest BCUT2D eigenvalue weighted by Gasteiger charge is -2.09. The van der Waals surface area contributed by atoms with Crippen LogP contribution in [0, 0.1) is 0 Å². The maximum absolute atomic E-state index is 11.8. The standard InChI is InChI=1S/C13H15OP/c1-15(2,14)10-12-8-5-7-11-6-3-4-9-13(11)12/h3-9H,10H2,1-2H3. The third-order valence-corrected chi connectivity index (χ3v) is 3.53. The van der Waals surface area contributed by atoms with Crippen molar-refractivity contribution in [2.45, 2.75) is 6.16 Å². The molecule has 0 bridgehead atoms. The Morgan fingerprint density at radius 2 is 1.67 bits per heavy atom. The number of rotatable bonds is 2. The molecule has 2 heteroatoms. The van der Waals surface area contributed by atoms with Gasteiger partial charge in [-0.3, -0.25) is 0 Å². The largest absolute Gasteiger partial charge is 0.324 e. The predicted octanol–water partition coefficient (Wildman–Crippen LogP) is 3.96. The molecule has 0 aliphatic carbocycles. The fourth-order valence-corrected chi connectivity index (χ4v) is 2.94. The van der Waals surface area contributed by atoms with Gasteiger partial charge >= 0.3 is 0 Å². The molecule has 0 saturated carbocycles. The molecule has 0 N–H and O–H groups in total. The predicted molar refractivity (Wildman–Crippen MR) is 67.1 cm³/mol. The minimum absolute atomic E-state index is 0.689. The average Bonchev–Trinajstić information content (AvgIpc) is 2.16. The Kier molecular flexibility index (Phi) is 2.67. The minimum Gasteiger partial charge on any atom is -0.324 e. The summed E-state index contributed by atoms with van der Waals surface area (Å²) in [6.45, 7) is 3.68. The van der Waals surface area contributed by atoms with Gasteiger partial charge in [0, 0.05) is 6.16 Å². The summed E-state index contributed by atoms with van der Waals surface area (Å²) in [6, 6.07) is 14.4. The lowest BCUT2D eigenvalue weighted by molar-refractivity contribution is 0.582. The fraction of sp³-hybridized carbons (Fsp3) is 0.231. The highest BCUT2D eigenvalue weighted by Gasteiger charge is 2.10. The number of fused-ring (bicyclic) bond motifs is 1. The van der Waals surface area contributed by atoms with E-state index in [1.165, 1.54) is 16.3 Å². The molecule has 0 saturated heterocycles. The highest BCUT2D eigenvalue weighted by Crippen LogP contribution is 2.41. The Bertz CT molecular complexity index is 520. The van der Waals surface area contributed by atoms with Gasteiger partial charge in [0.15, 0.2) is 0 Å². The second kappa shape index (κ2) is 3.83.